The Hall–Kier alpha value is -2.87. The summed E-state index contributed by atoms with van der Waals surface area (Å²) in [6, 6.07) is 6.29. The molecule has 2 amide bonds. The van der Waals surface area contributed by atoms with Crippen LogP contribution in [0.15, 0.2) is 42.7 Å². The number of benzene rings is 1. The second-order valence-electron chi connectivity index (χ2n) is 11.3. The minimum atomic E-state index is -0.744. The first-order chi connectivity index (χ1) is 16.6. The molecule has 6 nitrogen and oxygen atoms in total. The molecule has 1 aromatic carbocycles. The zero-order chi connectivity index (χ0) is 25.0. The number of hydrogen-bond donors (Lipinski definition) is 3. The Morgan fingerprint density at radius 2 is 1.91 bits per heavy atom. The van der Waals surface area contributed by atoms with Crippen LogP contribution in [0.1, 0.15) is 45.1 Å². The van der Waals surface area contributed by atoms with Crippen molar-refractivity contribution in [1.82, 2.24) is 10.3 Å². The van der Waals surface area contributed by atoms with Crippen molar-refractivity contribution in [3.63, 3.8) is 0 Å². The van der Waals surface area contributed by atoms with Gasteiger partial charge >= 0.3 is 0 Å². The van der Waals surface area contributed by atoms with Gasteiger partial charge in [-0.15, -0.1) is 0 Å². The van der Waals surface area contributed by atoms with Gasteiger partial charge in [0, 0.05) is 36.1 Å². The fourth-order valence-corrected chi connectivity index (χ4v) is 7.20. The number of nitrogens with zero attached hydrogens (tertiary/aromatic N) is 1. The third-order valence-electron chi connectivity index (χ3n) is 8.69. The van der Waals surface area contributed by atoms with Gasteiger partial charge in [0.05, 0.1) is 11.5 Å². The van der Waals surface area contributed by atoms with E-state index < -0.39 is 28.5 Å². The van der Waals surface area contributed by atoms with E-state index in [9.17, 15) is 18.4 Å². The maximum atomic E-state index is 14.3. The fraction of sp³-hybridized carbons (Fsp3) is 0.519. The Morgan fingerprint density at radius 3 is 2.63 bits per heavy atom. The Bertz CT molecular complexity index is 1140. The van der Waals surface area contributed by atoms with Crippen LogP contribution in [0.2, 0.25) is 0 Å². The van der Waals surface area contributed by atoms with Crippen molar-refractivity contribution in [2.24, 2.45) is 34.8 Å². The summed E-state index contributed by atoms with van der Waals surface area (Å²) in [7, 11) is 0. The van der Waals surface area contributed by atoms with Gasteiger partial charge in [-0.25, -0.2) is 8.78 Å². The number of anilines is 1. The van der Waals surface area contributed by atoms with Crippen LogP contribution in [0.5, 0.6) is 0 Å². The molecule has 186 valence electrons. The van der Waals surface area contributed by atoms with Crippen LogP contribution in [0.3, 0.4) is 0 Å². The van der Waals surface area contributed by atoms with Crippen LogP contribution in [0, 0.1) is 40.7 Å². The zero-order valence-corrected chi connectivity index (χ0v) is 20.1. The van der Waals surface area contributed by atoms with Gasteiger partial charge in [-0.2, -0.15) is 0 Å². The predicted molar refractivity (Wildman–Crippen MR) is 128 cm³/mol. The molecule has 8 heteroatoms. The molecule has 1 aromatic heterocycles. The minimum Gasteiger partial charge on any atom is -0.354 e. The second-order valence-corrected chi connectivity index (χ2v) is 11.3. The maximum Gasteiger partial charge on any atom is 0.237 e. The van der Waals surface area contributed by atoms with Crippen LogP contribution < -0.4 is 16.4 Å². The molecule has 0 spiro atoms. The minimum absolute atomic E-state index is 0.0175. The third kappa shape index (κ3) is 4.11. The molecule has 2 aromatic rings. The van der Waals surface area contributed by atoms with Gasteiger partial charge in [-0.05, 0) is 73.1 Å². The topological polar surface area (TPSA) is 97.1 Å². The fourth-order valence-electron chi connectivity index (χ4n) is 7.20. The molecule has 35 heavy (non-hydrogen) atoms. The van der Waals surface area contributed by atoms with E-state index in [1.54, 1.807) is 38.4 Å². The first kappa shape index (κ1) is 23.9. The summed E-state index contributed by atoms with van der Waals surface area (Å²) in [5.41, 5.74) is 6.37. The van der Waals surface area contributed by atoms with Crippen LogP contribution in [-0.4, -0.2) is 29.4 Å². The maximum absolute atomic E-state index is 14.3. The smallest absolute Gasteiger partial charge is 0.237 e. The van der Waals surface area contributed by atoms with E-state index in [0.29, 0.717) is 11.5 Å². The molecule has 4 aliphatic carbocycles. The monoisotopic (exact) mass is 482 g/mol. The highest BCUT2D eigenvalue weighted by molar-refractivity contribution is 5.96. The highest BCUT2D eigenvalue weighted by Crippen LogP contribution is 2.68. The molecule has 4 fully saturated rings. The number of aromatic nitrogens is 1. The van der Waals surface area contributed by atoms with Crippen molar-refractivity contribution in [2.75, 3.05) is 11.9 Å². The summed E-state index contributed by atoms with van der Waals surface area (Å²) in [5.74, 6) is -0.816. The van der Waals surface area contributed by atoms with Crippen LogP contribution in [0.25, 0.3) is 0 Å². The Labute approximate surface area is 204 Å². The standard InChI is InChI=1S/C27H32F2N4O2/c1-26(2,19-4-3-17(28)11-21(19)29)14-32-24(34)23(30)22-16-9-15-10-20(22)27(12-15,13-16)25(35)33-18-5-7-31-8-6-18/h3-8,11,15-16,20,22-23H,9-10,12-14,30H2,1-2H3,(H,32,34)(H,31,33,35). The quantitative estimate of drug-likeness (QED) is 0.560. The molecule has 1 heterocycles. The lowest BCUT2D eigenvalue weighted by Crippen LogP contribution is -2.52. The van der Waals surface area contributed by atoms with Crippen LogP contribution in [0.4, 0.5) is 14.5 Å². The molecule has 0 saturated heterocycles. The van der Waals surface area contributed by atoms with Crippen molar-refractivity contribution in [3.8, 4) is 0 Å². The second kappa shape index (κ2) is 8.66. The number of halogens is 2. The number of rotatable bonds is 7. The summed E-state index contributed by atoms with van der Waals surface area (Å²) in [4.78, 5) is 30.6. The number of carbonyl (C=O) groups is 2. The number of carbonyl (C=O) groups excluding carboxylic acids is 2. The van der Waals surface area contributed by atoms with Crippen molar-refractivity contribution >= 4 is 17.5 Å². The SMILES string of the molecule is CC(C)(CNC(=O)C(N)C1C2CC3CC1C(C(=O)Nc1ccncc1)(C3)C2)c1ccc(F)cc1F. The molecule has 6 rings (SSSR count). The third-order valence-corrected chi connectivity index (χ3v) is 8.69. The number of pyridine rings is 1. The molecule has 6 unspecified atom stereocenters. The molecule has 0 radical (unpaired) electrons. The number of hydrogen-bond acceptors (Lipinski definition) is 4. The van der Waals surface area contributed by atoms with Gasteiger partial charge in [-0.1, -0.05) is 19.9 Å². The molecule has 4 N–H and O–H groups in total. The van der Waals surface area contributed by atoms with E-state index in [1.807, 2.05) is 0 Å². The van der Waals surface area contributed by atoms with E-state index >= 15 is 0 Å². The predicted octanol–water partition coefficient (Wildman–Crippen LogP) is 3.77. The van der Waals surface area contributed by atoms with Crippen molar-refractivity contribution in [3.05, 3.63) is 59.9 Å². The summed E-state index contributed by atoms with van der Waals surface area (Å²) in [6.07, 6.45) is 6.80. The highest BCUT2D eigenvalue weighted by atomic mass is 19.1. The van der Waals surface area contributed by atoms with Gasteiger partial charge < -0.3 is 16.4 Å². The highest BCUT2D eigenvalue weighted by Gasteiger charge is 2.67. The molecule has 4 saturated carbocycles. The van der Waals surface area contributed by atoms with Crippen LogP contribution >= 0.6 is 0 Å². The normalized spacial score (nSPS) is 29.7. The van der Waals surface area contributed by atoms with Gasteiger partial charge in [0.15, 0.2) is 0 Å². The van der Waals surface area contributed by atoms with Gasteiger partial charge in [0.2, 0.25) is 11.8 Å². The van der Waals surface area contributed by atoms with E-state index in [2.05, 4.69) is 15.6 Å². The first-order valence-corrected chi connectivity index (χ1v) is 12.3. The largest absolute Gasteiger partial charge is 0.354 e. The van der Waals surface area contributed by atoms with Crippen molar-refractivity contribution in [1.29, 1.82) is 0 Å². The Balaban J connectivity index is 1.28. The van der Waals surface area contributed by atoms with Gasteiger partial charge in [0.25, 0.3) is 0 Å². The summed E-state index contributed by atoms with van der Waals surface area (Å²) in [6.45, 7) is 3.76. The average molecular weight is 483 g/mol. The summed E-state index contributed by atoms with van der Waals surface area (Å²) in [5, 5.41) is 5.97. The first-order valence-electron chi connectivity index (χ1n) is 12.3. The van der Waals surface area contributed by atoms with Crippen molar-refractivity contribution in [2.45, 2.75) is 51.0 Å². The van der Waals surface area contributed by atoms with Gasteiger partial charge in [0.1, 0.15) is 11.6 Å². The number of amides is 2. The Morgan fingerprint density at radius 1 is 1.17 bits per heavy atom. The lowest BCUT2D eigenvalue weighted by Gasteiger charge is -2.35. The summed E-state index contributed by atoms with van der Waals surface area (Å²) < 4.78 is 27.7. The Kier molecular flexibility index (Phi) is 5.90. The molecule has 6 atom stereocenters. The molecule has 0 aliphatic heterocycles. The lowest BCUT2D eigenvalue weighted by molar-refractivity contribution is -0.128. The van der Waals surface area contributed by atoms with E-state index in [4.69, 9.17) is 5.73 Å². The number of nitrogens with one attached hydrogen (secondary N) is 2. The van der Waals surface area contributed by atoms with E-state index in [1.165, 1.54) is 12.1 Å². The molecule has 4 aliphatic rings. The average Bonchev–Trinajstić information content (AvgIpc) is 3.20. The van der Waals surface area contributed by atoms with Gasteiger partial charge in [-0.3, -0.25) is 14.6 Å². The molecular weight excluding hydrogens is 450 g/mol. The molecular formula is C27H32F2N4O2. The zero-order valence-electron chi connectivity index (χ0n) is 20.1. The number of nitrogens with two attached hydrogens (primary N) is 1. The van der Waals surface area contributed by atoms with Crippen LogP contribution in [-0.2, 0) is 15.0 Å². The van der Waals surface area contributed by atoms with E-state index in [0.717, 1.165) is 37.4 Å². The lowest BCUT2D eigenvalue weighted by atomic mass is 9.72. The van der Waals surface area contributed by atoms with E-state index in [-0.39, 0.29) is 36.1 Å². The van der Waals surface area contributed by atoms with Crippen molar-refractivity contribution < 1.29 is 18.4 Å². The molecule has 4 bridgehead atoms. The summed E-state index contributed by atoms with van der Waals surface area (Å²) >= 11 is 0.